The van der Waals surface area contributed by atoms with Crippen molar-refractivity contribution in [3.05, 3.63) is 30.1 Å². The fourth-order valence-corrected chi connectivity index (χ4v) is 4.88. The Kier molecular flexibility index (Phi) is 4.04. The molecule has 128 valence electrons. The normalized spacial score (nSPS) is 26.8. The smallest absolute Gasteiger partial charge is 0.240 e. The van der Waals surface area contributed by atoms with E-state index in [1.807, 2.05) is 28.8 Å². The van der Waals surface area contributed by atoms with Gasteiger partial charge in [-0.25, -0.2) is 4.98 Å². The Morgan fingerprint density at radius 2 is 2.21 bits per heavy atom. The first-order valence-corrected chi connectivity index (χ1v) is 9.00. The molecule has 2 aromatic rings. The molecule has 0 spiro atoms. The second-order valence-electron chi connectivity index (χ2n) is 7.46. The van der Waals surface area contributed by atoms with Crippen molar-refractivity contribution in [3.8, 4) is 0 Å². The Balaban J connectivity index is 1.46. The summed E-state index contributed by atoms with van der Waals surface area (Å²) in [6.07, 6.45) is 5.33. The van der Waals surface area contributed by atoms with Gasteiger partial charge >= 0.3 is 0 Å². The van der Waals surface area contributed by atoms with Crippen LogP contribution in [-0.2, 0) is 17.9 Å². The molecule has 1 aromatic carbocycles. The lowest BCUT2D eigenvalue weighted by atomic mass is 9.84. The number of imidazole rings is 1. The number of aliphatic hydroxyl groups excluding tert-OH is 1. The van der Waals surface area contributed by atoms with Gasteiger partial charge in [0.05, 0.1) is 11.0 Å². The summed E-state index contributed by atoms with van der Waals surface area (Å²) in [4.78, 5) is 17.0. The maximum Gasteiger partial charge on any atom is 0.240 e. The van der Waals surface area contributed by atoms with Crippen LogP contribution in [0.2, 0.25) is 0 Å². The number of nitrogens with one attached hydrogen (secondary N) is 1. The molecule has 5 heteroatoms. The van der Waals surface area contributed by atoms with E-state index >= 15 is 0 Å². The number of para-hydroxylation sites is 2. The summed E-state index contributed by atoms with van der Waals surface area (Å²) >= 11 is 0. The largest absolute Gasteiger partial charge is 0.388 e. The molecule has 5 nitrogen and oxygen atoms in total. The van der Waals surface area contributed by atoms with Gasteiger partial charge in [0.1, 0.15) is 19.0 Å². The Morgan fingerprint density at radius 1 is 1.38 bits per heavy atom. The molecule has 2 saturated carbocycles. The van der Waals surface area contributed by atoms with Crippen LogP contribution in [0.4, 0.5) is 0 Å². The van der Waals surface area contributed by atoms with Gasteiger partial charge in [-0.2, -0.15) is 0 Å². The van der Waals surface area contributed by atoms with Crippen molar-refractivity contribution in [2.75, 3.05) is 0 Å². The number of nitrogens with zero attached hydrogens (tertiary/aromatic N) is 2. The summed E-state index contributed by atoms with van der Waals surface area (Å²) in [5.41, 5.74) is 1.71. The van der Waals surface area contributed by atoms with Crippen molar-refractivity contribution < 1.29 is 9.90 Å². The van der Waals surface area contributed by atoms with Crippen molar-refractivity contribution in [1.29, 1.82) is 0 Å². The van der Waals surface area contributed by atoms with Gasteiger partial charge in [-0.15, -0.1) is 0 Å². The van der Waals surface area contributed by atoms with E-state index in [0.717, 1.165) is 22.9 Å². The highest BCUT2D eigenvalue weighted by molar-refractivity contribution is 5.81. The van der Waals surface area contributed by atoms with E-state index < -0.39 is 0 Å². The number of carbonyl (C=O) groups excluding carboxylic acids is 1. The molecule has 1 amide bonds. The van der Waals surface area contributed by atoms with Crippen LogP contribution < -0.4 is 5.32 Å². The number of hydrogen-bond acceptors (Lipinski definition) is 3. The van der Waals surface area contributed by atoms with E-state index in [1.54, 1.807) is 0 Å². The third-order valence-corrected chi connectivity index (χ3v) is 6.00. The molecule has 0 unspecified atom stereocenters. The first-order chi connectivity index (χ1) is 11.7. The molecule has 2 fully saturated rings. The van der Waals surface area contributed by atoms with Gasteiger partial charge in [-0.3, -0.25) is 4.79 Å². The molecule has 0 radical (unpaired) electrons. The molecule has 2 N–H and O–H groups in total. The summed E-state index contributed by atoms with van der Waals surface area (Å²) in [6, 6.07) is 7.91. The fraction of sp³-hybridized carbons (Fsp3) is 0.579. The number of fused-ring (bicyclic) bond motifs is 3. The molecular formula is C19H25N3O2. The van der Waals surface area contributed by atoms with Crippen molar-refractivity contribution in [3.63, 3.8) is 0 Å². The van der Waals surface area contributed by atoms with E-state index in [-0.39, 0.29) is 25.1 Å². The molecule has 2 aliphatic carbocycles. The highest BCUT2D eigenvalue weighted by Crippen LogP contribution is 2.49. The monoisotopic (exact) mass is 327 g/mol. The standard InChI is InChI=1S/C19H25N3O2/c1-12(15-9-13-6-7-14(15)8-13)20-19(24)10-22-17-5-3-2-4-16(17)21-18(22)11-23/h2-5,12-15,23H,6-11H2,1H3,(H,20,24)/t12-,13+,14+,15-/m1/s1. The van der Waals surface area contributed by atoms with E-state index in [2.05, 4.69) is 17.2 Å². The van der Waals surface area contributed by atoms with Crippen molar-refractivity contribution in [1.82, 2.24) is 14.9 Å². The minimum Gasteiger partial charge on any atom is -0.388 e. The number of rotatable bonds is 5. The zero-order valence-corrected chi connectivity index (χ0v) is 14.1. The zero-order valence-electron chi connectivity index (χ0n) is 14.1. The molecule has 1 heterocycles. The lowest BCUT2D eigenvalue weighted by Crippen LogP contribution is -2.41. The summed E-state index contributed by atoms with van der Waals surface area (Å²) < 4.78 is 1.82. The fourth-order valence-electron chi connectivity index (χ4n) is 4.88. The molecule has 0 aliphatic heterocycles. The SMILES string of the molecule is C[C@@H](NC(=O)Cn1c(CO)nc2ccccc21)[C@H]1C[C@H]2CC[C@H]1C2. The van der Waals surface area contributed by atoms with Gasteiger partial charge in [0.15, 0.2) is 0 Å². The predicted molar refractivity (Wildman–Crippen MR) is 92.2 cm³/mol. The van der Waals surface area contributed by atoms with Crippen molar-refractivity contribution >= 4 is 16.9 Å². The van der Waals surface area contributed by atoms with Crippen molar-refractivity contribution in [2.45, 2.75) is 51.8 Å². The Bertz CT molecular complexity index is 754. The molecule has 4 rings (SSSR count). The second kappa shape index (κ2) is 6.20. The molecule has 24 heavy (non-hydrogen) atoms. The van der Waals surface area contributed by atoms with Gasteiger partial charge in [0.25, 0.3) is 0 Å². The Hall–Kier alpha value is -1.88. The summed E-state index contributed by atoms with van der Waals surface area (Å²) in [5, 5.41) is 12.7. The summed E-state index contributed by atoms with van der Waals surface area (Å²) in [5.74, 6) is 2.86. The maximum absolute atomic E-state index is 12.6. The third kappa shape index (κ3) is 2.71. The number of hydrogen-bond donors (Lipinski definition) is 2. The molecule has 2 aliphatic rings. The van der Waals surface area contributed by atoms with Crippen LogP contribution in [0.1, 0.15) is 38.4 Å². The third-order valence-electron chi connectivity index (χ3n) is 6.00. The predicted octanol–water partition coefficient (Wildman–Crippen LogP) is 2.47. The summed E-state index contributed by atoms with van der Waals surface area (Å²) in [7, 11) is 0. The van der Waals surface area contributed by atoms with Gasteiger partial charge in [0.2, 0.25) is 5.91 Å². The van der Waals surface area contributed by atoms with Crippen LogP contribution >= 0.6 is 0 Å². The first-order valence-electron chi connectivity index (χ1n) is 9.00. The molecule has 1 aromatic heterocycles. The minimum absolute atomic E-state index is 0.00289. The molecule has 2 bridgehead atoms. The van der Waals surface area contributed by atoms with Crippen LogP contribution in [0.15, 0.2) is 24.3 Å². The summed E-state index contributed by atoms with van der Waals surface area (Å²) in [6.45, 7) is 2.19. The first kappa shape index (κ1) is 15.6. The molecular weight excluding hydrogens is 302 g/mol. The zero-order chi connectivity index (χ0) is 16.7. The van der Waals surface area contributed by atoms with Gasteiger partial charge < -0.3 is 15.0 Å². The Morgan fingerprint density at radius 3 is 2.92 bits per heavy atom. The van der Waals surface area contributed by atoms with E-state index in [4.69, 9.17) is 0 Å². The number of benzene rings is 1. The average molecular weight is 327 g/mol. The van der Waals surface area contributed by atoms with Crippen LogP contribution in [-0.4, -0.2) is 26.6 Å². The highest BCUT2D eigenvalue weighted by Gasteiger charge is 2.42. The lowest BCUT2D eigenvalue weighted by molar-refractivity contribution is -0.122. The van der Waals surface area contributed by atoms with Crippen LogP contribution in [0.3, 0.4) is 0 Å². The average Bonchev–Trinajstić information content (AvgIpc) is 3.29. The van der Waals surface area contributed by atoms with Crippen LogP contribution in [0.5, 0.6) is 0 Å². The van der Waals surface area contributed by atoms with Crippen LogP contribution in [0.25, 0.3) is 11.0 Å². The van der Waals surface area contributed by atoms with E-state index in [1.165, 1.54) is 25.7 Å². The van der Waals surface area contributed by atoms with Crippen molar-refractivity contribution in [2.24, 2.45) is 17.8 Å². The Labute approximate surface area is 142 Å². The van der Waals surface area contributed by atoms with Crippen LogP contribution in [0, 0.1) is 17.8 Å². The number of aliphatic hydroxyl groups is 1. The quantitative estimate of drug-likeness (QED) is 0.886. The van der Waals surface area contributed by atoms with E-state index in [0.29, 0.717) is 11.7 Å². The minimum atomic E-state index is -0.163. The van der Waals surface area contributed by atoms with Gasteiger partial charge in [0, 0.05) is 6.04 Å². The topological polar surface area (TPSA) is 67.2 Å². The second-order valence-corrected chi connectivity index (χ2v) is 7.46. The van der Waals surface area contributed by atoms with E-state index in [9.17, 15) is 9.90 Å². The maximum atomic E-state index is 12.6. The number of amides is 1. The molecule has 0 saturated heterocycles. The highest BCUT2D eigenvalue weighted by atomic mass is 16.3. The van der Waals surface area contributed by atoms with Gasteiger partial charge in [-0.05, 0) is 56.1 Å². The number of aromatic nitrogens is 2. The number of carbonyl (C=O) groups is 1. The van der Waals surface area contributed by atoms with Gasteiger partial charge in [-0.1, -0.05) is 18.6 Å². The lowest BCUT2D eigenvalue weighted by Gasteiger charge is -2.28. The molecule has 4 atom stereocenters.